The summed E-state index contributed by atoms with van der Waals surface area (Å²) in [6, 6.07) is 38.4. The lowest BCUT2D eigenvalue weighted by atomic mass is 9.89. The molecule has 3 amide bonds. The number of anilines is 6. The van der Waals surface area contributed by atoms with Gasteiger partial charge in [-0.05, 0) is 207 Å². The molecular weight excluding hydrogens is 1840 g/mol. The molecule has 9 fully saturated rings. The zero-order chi connectivity index (χ0) is 99.4. The Hall–Kier alpha value is -13.4. The summed E-state index contributed by atoms with van der Waals surface area (Å²) in [5.41, 5.74) is 6.57. The Bertz CT molecular complexity index is 5490. The molecule has 42 heteroatoms. The first-order valence-electron chi connectivity index (χ1n) is 47.0. The van der Waals surface area contributed by atoms with E-state index in [4.69, 9.17) is 57.6 Å². The Kier molecular flexibility index (Phi) is 31.9. The van der Waals surface area contributed by atoms with Gasteiger partial charge in [-0.25, -0.2) is 56.2 Å². The summed E-state index contributed by atoms with van der Waals surface area (Å²) in [7, 11) is 4.84. The smallest absolute Gasteiger partial charge is 0.301 e. The predicted molar refractivity (Wildman–Crippen MR) is 500 cm³/mol. The Morgan fingerprint density at radius 2 is 0.638 bits per heavy atom. The average molecular weight is 1950 g/mol. The number of likely N-dealkylation sites (tertiary alicyclic amines) is 6. The molecule has 6 atom stereocenters. The Morgan fingerprint density at radius 1 is 0.376 bits per heavy atom. The highest BCUT2D eigenvalue weighted by atomic mass is 19.3. The predicted octanol–water partition coefficient (Wildman–Crippen LogP) is 11.2. The minimum atomic E-state index is -3.38. The molecule has 141 heavy (non-hydrogen) atoms. The fourth-order valence-electron chi connectivity index (χ4n) is 18.8. The number of amides is 3. The number of halogens is 6. The molecule has 36 nitrogen and oxygen atoms in total. The fourth-order valence-corrected chi connectivity index (χ4v) is 18.8. The molecular formula is C99H111F6N21O15. The maximum absolute atomic E-state index is 14.9. The fraction of sp³-hybridized carbons (Fsp3) is 0.485. The lowest BCUT2D eigenvalue weighted by molar-refractivity contribution is -0.165. The Morgan fingerprint density at radius 3 is 0.858 bits per heavy atom. The molecule has 6 N–H and O–H groups in total. The third kappa shape index (κ3) is 23.9. The van der Waals surface area contributed by atoms with Crippen molar-refractivity contribution in [2.75, 3.05) is 155 Å². The van der Waals surface area contributed by atoms with Crippen LogP contribution in [0.25, 0.3) is 33.8 Å². The summed E-state index contributed by atoms with van der Waals surface area (Å²) in [5.74, 6) is -6.62. The van der Waals surface area contributed by atoms with Gasteiger partial charge in [0.1, 0.15) is 108 Å². The van der Waals surface area contributed by atoms with Crippen LogP contribution in [0.1, 0.15) is 130 Å². The highest BCUT2D eigenvalue weighted by molar-refractivity contribution is 5.82. The highest BCUT2D eigenvalue weighted by Gasteiger charge is 2.52. The molecule has 9 aromatic rings. The molecule has 0 saturated carbocycles. The molecule has 744 valence electrons. The van der Waals surface area contributed by atoms with Gasteiger partial charge in [0, 0.05) is 90.5 Å². The van der Waals surface area contributed by atoms with Crippen molar-refractivity contribution >= 4 is 52.6 Å². The van der Waals surface area contributed by atoms with Crippen LogP contribution in [0.4, 0.5) is 61.2 Å². The molecule has 0 aliphatic carbocycles. The van der Waals surface area contributed by atoms with Crippen molar-refractivity contribution in [2.45, 2.75) is 169 Å². The normalized spacial score (nSPS) is 20.9. The van der Waals surface area contributed by atoms with E-state index < -0.39 is 91.7 Å². The van der Waals surface area contributed by atoms with E-state index in [1.165, 1.54) is 76.2 Å². The quantitative estimate of drug-likeness (QED) is 0.0260. The number of aliphatic hydroxyl groups excluding tert-OH is 3. The molecule has 18 rings (SSSR count). The van der Waals surface area contributed by atoms with E-state index in [9.17, 15) is 71.8 Å². The monoisotopic (exact) mass is 1950 g/mol. The summed E-state index contributed by atoms with van der Waals surface area (Å²) < 4.78 is 139. The summed E-state index contributed by atoms with van der Waals surface area (Å²) in [4.78, 5) is 86.3. The second-order valence-electron chi connectivity index (χ2n) is 36.4. The van der Waals surface area contributed by atoms with Gasteiger partial charge in [0.15, 0.2) is 18.3 Å². The Labute approximate surface area is 810 Å². The lowest BCUT2D eigenvalue weighted by Gasteiger charge is -2.41. The van der Waals surface area contributed by atoms with Gasteiger partial charge < -0.3 is 88.6 Å². The SMILES string of the molecule is COc1nc(Nc2cc(-c3ccc(OC4CCN(C(=O)[C@H](C)O)CC4(F)F)c(C#N)c3)ncn2)ccc1C1CCN(C2COC2)CC1.COc1nc(Nc2cc(-c3ccc(O[C@@H]4CCN(C(=O)[C@H](C)O)CC4(F)F)c(C#N)c3)ncn2)ccc1C1CCN(C2COC2)CC1.COc1nc(Nc2cc(-c3ccc(O[C@H]4CCN(C(=O)[C@H](C)O)CC4(F)F)c(C#N)c3)ncn2)ccc1C1CCN(C2COC2)CC1. The van der Waals surface area contributed by atoms with E-state index in [2.05, 4.69) is 60.6 Å². The maximum Gasteiger partial charge on any atom is 0.301 e. The number of piperidine rings is 6. The first-order chi connectivity index (χ1) is 67.9. The molecule has 6 aromatic heterocycles. The van der Waals surface area contributed by atoms with E-state index in [-0.39, 0.29) is 72.8 Å². The molecule has 0 bridgehead atoms. The molecule has 9 saturated heterocycles. The summed E-state index contributed by atoms with van der Waals surface area (Å²) >= 11 is 0. The number of hydrogen-bond acceptors (Lipinski definition) is 33. The molecule has 9 aliphatic rings. The van der Waals surface area contributed by atoms with Gasteiger partial charge in [-0.2, -0.15) is 30.7 Å². The van der Waals surface area contributed by atoms with Crippen LogP contribution in [0.2, 0.25) is 0 Å². The van der Waals surface area contributed by atoms with E-state index in [1.807, 2.05) is 54.6 Å². The average Bonchev–Trinajstić information content (AvgIpc) is 0.814. The van der Waals surface area contributed by atoms with Crippen molar-refractivity contribution in [2.24, 2.45) is 0 Å². The van der Waals surface area contributed by atoms with Gasteiger partial charge in [0.2, 0.25) is 17.6 Å². The number of alkyl halides is 6. The van der Waals surface area contributed by atoms with Crippen LogP contribution in [0.3, 0.4) is 0 Å². The number of carbonyl (C=O) groups is 3. The zero-order valence-electron chi connectivity index (χ0n) is 78.7. The second-order valence-corrected chi connectivity index (χ2v) is 36.4. The zero-order valence-corrected chi connectivity index (χ0v) is 78.7. The summed E-state index contributed by atoms with van der Waals surface area (Å²) in [6.45, 7) is 12.1. The standard InChI is InChI=1S/3C33H37F2N7O5/c3*1-20(43)32(44)42-12-9-28(33(34,35)18-42)47-27-5-3-22(13-23(27)15-36)26-14-30(38-19-37-26)39-29-6-4-25(31(40-29)45-2)21-7-10-41(11-8-21)24-16-46-17-24/h3*3-6,13-14,19-21,24,28,43H,7-12,16-18H2,1-2H3,(H,37,38,39,40)/t20-,28?;20-,28+;20-,28-/m000/s1. The van der Waals surface area contributed by atoms with Gasteiger partial charge in [0.05, 0.1) is 133 Å². The lowest BCUT2D eigenvalue weighted by Crippen LogP contribution is -2.56. The first-order valence-corrected chi connectivity index (χ1v) is 47.0. The van der Waals surface area contributed by atoms with E-state index in [0.717, 1.165) is 149 Å². The third-order valence-electron chi connectivity index (χ3n) is 26.9. The number of aliphatic hydroxyl groups is 3. The van der Waals surface area contributed by atoms with Crippen LogP contribution < -0.4 is 44.4 Å². The van der Waals surface area contributed by atoms with Crippen molar-refractivity contribution in [3.63, 3.8) is 0 Å². The van der Waals surface area contributed by atoms with Crippen LogP contribution >= 0.6 is 0 Å². The minimum Gasteiger partial charge on any atom is -0.483 e. The number of nitrogens with one attached hydrogen (secondary N) is 3. The van der Waals surface area contributed by atoms with Crippen molar-refractivity contribution in [1.82, 2.24) is 74.3 Å². The van der Waals surface area contributed by atoms with Crippen LogP contribution in [0.5, 0.6) is 34.9 Å². The highest BCUT2D eigenvalue weighted by Crippen LogP contribution is 2.44. The number of ether oxygens (including phenoxy) is 9. The number of rotatable bonds is 27. The molecule has 0 radical (unpaired) electrons. The number of benzene rings is 3. The minimum absolute atomic E-state index is 0.0000222. The van der Waals surface area contributed by atoms with E-state index in [0.29, 0.717) is 122 Å². The van der Waals surface area contributed by atoms with Crippen LogP contribution in [0, 0.1) is 34.0 Å². The van der Waals surface area contributed by atoms with Crippen LogP contribution in [-0.2, 0) is 28.6 Å². The largest absolute Gasteiger partial charge is 0.483 e. The van der Waals surface area contributed by atoms with Crippen LogP contribution in [-0.4, -0.2) is 319 Å². The van der Waals surface area contributed by atoms with Gasteiger partial charge >= 0.3 is 17.8 Å². The summed E-state index contributed by atoms with van der Waals surface area (Å²) in [6.07, 6.45) is 1.07. The van der Waals surface area contributed by atoms with Crippen molar-refractivity contribution < 1.29 is 98.7 Å². The van der Waals surface area contributed by atoms with Crippen molar-refractivity contribution in [3.8, 4) is 86.9 Å². The van der Waals surface area contributed by atoms with Gasteiger partial charge in [-0.3, -0.25) is 29.1 Å². The third-order valence-corrected chi connectivity index (χ3v) is 26.9. The number of carbonyl (C=O) groups excluding carboxylic acids is 3. The Balaban J connectivity index is 0.000000152. The van der Waals surface area contributed by atoms with Gasteiger partial charge in [-0.15, -0.1) is 0 Å². The molecule has 15 heterocycles. The topological polar surface area (TPSA) is 438 Å². The number of aromatic nitrogens is 9. The van der Waals surface area contributed by atoms with Gasteiger partial charge in [0.25, 0.3) is 17.7 Å². The first kappa shape index (κ1) is 101. The maximum atomic E-state index is 14.9. The second kappa shape index (κ2) is 44.6. The number of nitriles is 3. The van der Waals surface area contributed by atoms with E-state index in [1.54, 1.807) is 57.7 Å². The molecule has 3 aromatic carbocycles. The van der Waals surface area contributed by atoms with Crippen molar-refractivity contribution in [3.05, 3.63) is 162 Å². The molecule has 0 spiro atoms. The number of hydrogen-bond donors (Lipinski definition) is 6. The number of nitrogens with zero attached hydrogens (tertiary/aromatic N) is 18. The molecule has 9 aliphatic heterocycles. The summed E-state index contributed by atoms with van der Waals surface area (Å²) in [5, 5.41) is 67.5. The molecule has 1 unspecified atom stereocenters. The van der Waals surface area contributed by atoms with Crippen molar-refractivity contribution in [1.29, 1.82) is 15.8 Å². The number of pyridine rings is 3. The van der Waals surface area contributed by atoms with Gasteiger partial charge in [-0.1, -0.05) is 0 Å². The number of methoxy groups -OCH3 is 3. The van der Waals surface area contributed by atoms with E-state index >= 15 is 0 Å². The van der Waals surface area contributed by atoms with Crippen LogP contribution in [0.15, 0.2) is 128 Å².